The van der Waals surface area contributed by atoms with Gasteiger partial charge in [0.15, 0.2) is 5.82 Å². The van der Waals surface area contributed by atoms with E-state index < -0.39 is 0 Å². The highest BCUT2D eigenvalue weighted by Gasteiger charge is 2.08. The maximum Gasteiger partial charge on any atom is 0.253 e. The molecular weight excluding hydrogens is 218 g/mol. The molecule has 1 amide bonds. The average molecular weight is 231 g/mol. The van der Waals surface area contributed by atoms with E-state index in [1.54, 1.807) is 30.9 Å². The molecule has 1 heterocycles. The third kappa shape index (κ3) is 2.15. The summed E-state index contributed by atoms with van der Waals surface area (Å²) in [5.41, 5.74) is 1.48. The van der Waals surface area contributed by atoms with Crippen LogP contribution in [0, 0.1) is 6.92 Å². The topological polar surface area (TPSA) is 63.9 Å². The lowest BCUT2D eigenvalue weighted by atomic mass is 10.2. The van der Waals surface area contributed by atoms with Gasteiger partial charge in [0.2, 0.25) is 0 Å². The number of amides is 1. The highest BCUT2D eigenvalue weighted by atomic mass is 16.2. The zero-order valence-electron chi connectivity index (χ0n) is 9.95. The number of aromatic nitrogens is 4. The highest BCUT2D eigenvalue weighted by molar-refractivity contribution is 5.94. The maximum atomic E-state index is 11.7. The largest absolute Gasteiger partial charge is 0.345 e. The van der Waals surface area contributed by atoms with Gasteiger partial charge in [0.05, 0.1) is 5.69 Å². The van der Waals surface area contributed by atoms with Crippen LogP contribution in [0.15, 0.2) is 24.3 Å². The predicted molar refractivity (Wildman–Crippen MR) is 61.9 cm³/mol. The second-order valence-electron chi connectivity index (χ2n) is 3.88. The zero-order valence-corrected chi connectivity index (χ0v) is 9.95. The molecule has 0 saturated heterocycles. The van der Waals surface area contributed by atoms with E-state index in [9.17, 15) is 4.79 Å². The van der Waals surface area contributed by atoms with E-state index in [-0.39, 0.29) is 5.91 Å². The number of hydrogen-bond donors (Lipinski definition) is 0. The number of nitrogens with zero attached hydrogens (tertiary/aromatic N) is 5. The van der Waals surface area contributed by atoms with Crippen molar-refractivity contribution in [2.24, 2.45) is 0 Å². The summed E-state index contributed by atoms with van der Waals surface area (Å²) in [5, 5.41) is 11.2. The Kier molecular flexibility index (Phi) is 2.86. The molecule has 2 aromatic rings. The summed E-state index contributed by atoms with van der Waals surface area (Å²) < 4.78 is 1.61. The van der Waals surface area contributed by atoms with Crippen molar-refractivity contribution < 1.29 is 4.79 Å². The summed E-state index contributed by atoms with van der Waals surface area (Å²) in [4.78, 5) is 13.2. The van der Waals surface area contributed by atoms with Crippen LogP contribution in [-0.4, -0.2) is 45.1 Å². The van der Waals surface area contributed by atoms with Crippen LogP contribution in [0.3, 0.4) is 0 Å². The van der Waals surface area contributed by atoms with Crippen LogP contribution < -0.4 is 0 Å². The summed E-state index contributed by atoms with van der Waals surface area (Å²) in [6, 6.07) is 7.16. The Hall–Kier alpha value is -2.24. The molecule has 0 N–H and O–H groups in total. The molecule has 17 heavy (non-hydrogen) atoms. The molecule has 0 aliphatic rings. The zero-order chi connectivity index (χ0) is 12.4. The Morgan fingerprint density at radius 3 is 2.35 bits per heavy atom. The quantitative estimate of drug-likeness (QED) is 0.762. The molecule has 1 aromatic carbocycles. The molecule has 2 rings (SSSR count). The van der Waals surface area contributed by atoms with E-state index in [0.717, 1.165) is 5.69 Å². The molecular formula is C11H13N5O. The average Bonchev–Trinajstić information content (AvgIpc) is 2.74. The number of rotatable bonds is 2. The fraction of sp³-hybridized carbons (Fsp3) is 0.273. The van der Waals surface area contributed by atoms with Gasteiger partial charge in [-0.05, 0) is 41.6 Å². The number of carbonyl (C=O) groups excluding carboxylic acids is 1. The van der Waals surface area contributed by atoms with E-state index >= 15 is 0 Å². The van der Waals surface area contributed by atoms with E-state index in [1.807, 2.05) is 19.1 Å². The first-order valence-corrected chi connectivity index (χ1v) is 5.16. The minimum Gasteiger partial charge on any atom is -0.345 e. The van der Waals surface area contributed by atoms with E-state index in [0.29, 0.717) is 11.4 Å². The first kappa shape index (κ1) is 11.3. The standard InChI is InChI=1S/C11H13N5O/c1-8-12-13-14-16(8)10-6-4-9(5-7-10)11(17)15(2)3/h4-7H,1-3H3. The lowest BCUT2D eigenvalue weighted by Crippen LogP contribution is -2.21. The molecule has 0 aliphatic carbocycles. The number of tetrazole rings is 1. The molecule has 6 heteroatoms. The van der Waals surface area contributed by atoms with Crippen molar-refractivity contribution in [2.75, 3.05) is 14.1 Å². The number of benzene rings is 1. The van der Waals surface area contributed by atoms with E-state index in [4.69, 9.17) is 0 Å². The molecule has 0 radical (unpaired) electrons. The van der Waals surface area contributed by atoms with Crippen molar-refractivity contribution in [3.63, 3.8) is 0 Å². The van der Waals surface area contributed by atoms with Crippen molar-refractivity contribution in [3.05, 3.63) is 35.7 Å². The van der Waals surface area contributed by atoms with Crippen molar-refractivity contribution >= 4 is 5.91 Å². The van der Waals surface area contributed by atoms with Crippen molar-refractivity contribution in [1.82, 2.24) is 25.1 Å². The van der Waals surface area contributed by atoms with Crippen LogP contribution in [0.4, 0.5) is 0 Å². The molecule has 0 bridgehead atoms. The Labute approximate surface area is 98.9 Å². The molecule has 0 atom stereocenters. The van der Waals surface area contributed by atoms with Gasteiger partial charge in [-0.1, -0.05) is 0 Å². The van der Waals surface area contributed by atoms with Crippen LogP contribution in [0.2, 0.25) is 0 Å². The maximum absolute atomic E-state index is 11.7. The molecule has 1 aromatic heterocycles. The predicted octanol–water partition coefficient (Wildman–Crippen LogP) is 0.673. The van der Waals surface area contributed by atoms with Gasteiger partial charge < -0.3 is 4.90 Å². The van der Waals surface area contributed by atoms with Gasteiger partial charge in [-0.15, -0.1) is 5.10 Å². The van der Waals surface area contributed by atoms with Gasteiger partial charge in [-0.3, -0.25) is 4.79 Å². The van der Waals surface area contributed by atoms with Crippen LogP contribution in [0.5, 0.6) is 0 Å². The first-order chi connectivity index (χ1) is 8.09. The van der Waals surface area contributed by atoms with Gasteiger partial charge in [0.1, 0.15) is 0 Å². The first-order valence-electron chi connectivity index (χ1n) is 5.16. The summed E-state index contributed by atoms with van der Waals surface area (Å²) in [6.45, 7) is 1.82. The van der Waals surface area contributed by atoms with Gasteiger partial charge in [0, 0.05) is 19.7 Å². The van der Waals surface area contributed by atoms with Crippen molar-refractivity contribution in [1.29, 1.82) is 0 Å². The number of carbonyl (C=O) groups is 1. The Morgan fingerprint density at radius 1 is 1.24 bits per heavy atom. The van der Waals surface area contributed by atoms with Gasteiger partial charge in [0.25, 0.3) is 5.91 Å². The fourth-order valence-corrected chi connectivity index (χ4v) is 1.47. The molecule has 0 spiro atoms. The SMILES string of the molecule is Cc1nnnn1-c1ccc(C(=O)N(C)C)cc1. The summed E-state index contributed by atoms with van der Waals surface area (Å²) in [6.07, 6.45) is 0. The minimum atomic E-state index is -0.0232. The normalized spacial score (nSPS) is 10.3. The molecule has 88 valence electrons. The monoisotopic (exact) mass is 231 g/mol. The van der Waals surface area contributed by atoms with Gasteiger partial charge in [-0.25, -0.2) is 0 Å². The lowest BCUT2D eigenvalue weighted by Gasteiger charge is -2.10. The summed E-state index contributed by atoms with van der Waals surface area (Å²) in [7, 11) is 3.45. The molecule has 0 saturated carbocycles. The van der Waals surface area contributed by atoms with Crippen LogP contribution in [0.1, 0.15) is 16.2 Å². The molecule has 0 aliphatic heterocycles. The third-order valence-corrected chi connectivity index (χ3v) is 2.39. The Balaban J connectivity index is 2.31. The minimum absolute atomic E-state index is 0.0232. The lowest BCUT2D eigenvalue weighted by molar-refractivity contribution is 0.0827. The van der Waals surface area contributed by atoms with Crippen molar-refractivity contribution in [3.8, 4) is 5.69 Å². The Bertz CT molecular complexity index is 529. The smallest absolute Gasteiger partial charge is 0.253 e. The van der Waals surface area contributed by atoms with Crippen molar-refractivity contribution in [2.45, 2.75) is 6.92 Å². The summed E-state index contributed by atoms with van der Waals surface area (Å²) >= 11 is 0. The number of hydrogen-bond acceptors (Lipinski definition) is 4. The van der Waals surface area contributed by atoms with Gasteiger partial charge in [-0.2, -0.15) is 4.68 Å². The van der Waals surface area contributed by atoms with Crippen LogP contribution in [-0.2, 0) is 0 Å². The van der Waals surface area contributed by atoms with Crippen LogP contribution in [0.25, 0.3) is 5.69 Å². The fourth-order valence-electron chi connectivity index (χ4n) is 1.47. The van der Waals surface area contributed by atoms with E-state index in [2.05, 4.69) is 15.5 Å². The molecule has 0 unspecified atom stereocenters. The number of aryl methyl sites for hydroxylation is 1. The molecule has 6 nitrogen and oxygen atoms in total. The summed E-state index contributed by atoms with van der Waals surface area (Å²) in [5.74, 6) is 0.682. The second-order valence-corrected chi connectivity index (χ2v) is 3.88. The van der Waals surface area contributed by atoms with E-state index in [1.165, 1.54) is 4.90 Å². The molecule has 0 fully saturated rings. The van der Waals surface area contributed by atoms with Crippen LogP contribution >= 0.6 is 0 Å². The highest BCUT2D eigenvalue weighted by Crippen LogP contribution is 2.10. The second kappa shape index (κ2) is 4.32. The Morgan fingerprint density at radius 2 is 1.88 bits per heavy atom. The van der Waals surface area contributed by atoms with Gasteiger partial charge >= 0.3 is 0 Å². The third-order valence-electron chi connectivity index (χ3n) is 2.39.